The molecule has 2 aromatic carbocycles. The zero-order valence-corrected chi connectivity index (χ0v) is 17.3. The van der Waals surface area contributed by atoms with Crippen molar-refractivity contribution in [3.05, 3.63) is 64.4 Å². The molecule has 0 radical (unpaired) electrons. The first-order valence-electron chi connectivity index (χ1n) is 9.67. The highest BCUT2D eigenvalue weighted by Crippen LogP contribution is 2.18. The Kier molecular flexibility index (Phi) is 7.04. The maximum atomic E-state index is 12.1. The summed E-state index contributed by atoms with van der Waals surface area (Å²) < 4.78 is 3.33. The van der Waals surface area contributed by atoms with Crippen LogP contribution in [0.4, 0.5) is 0 Å². The lowest BCUT2D eigenvalue weighted by Gasteiger charge is -2.08. The van der Waals surface area contributed by atoms with Gasteiger partial charge in [-0.2, -0.15) is 0 Å². The van der Waals surface area contributed by atoms with Gasteiger partial charge in [0.2, 0.25) is 0 Å². The number of aromatic nitrogens is 2. The number of aryl methyl sites for hydroxylation is 2. The van der Waals surface area contributed by atoms with E-state index in [2.05, 4.69) is 50.9 Å². The fraction of sp³-hybridized carbons (Fsp3) is 0.364. The van der Waals surface area contributed by atoms with Crippen LogP contribution in [0.2, 0.25) is 0 Å². The van der Waals surface area contributed by atoms with Crippen molar-refractivity contribution in [2.45, 2.75) is 45.6 Å². The van der Waals surface area contributed by atoms with Gasteiger partial charge in [0.1, 0.15) is 5.82 Å². The van der Waals surface area contributed by atoms with Gasteiger partial charge in [0.15, 0.2) is 0 Å². The minimum atomic E-state index is -0.00719. The molecular formula is C22H26BrN3O. The number of carbonyl (C=O) groups excluding carboxylic acids is 1. The van der Waals surface area contributed by atoms with Crippen LogP contribution in [0.5, 0.6) is 0 Å². The van der Waals surface area contributed by atoms with Crippen molar-refractivity contribution in [1.29, 1.82) is 0 Å². The molecule has 0 atom stereocenters. The van der Waals surface area contributed by atoms with Gasteiger partial charge < -0.3 is 9.88 Å². The maximum absolute atomic E-state index is 12.1. The second-order valence-corrected chi connectivity index (χ2v) is 7.66. The van der Waals surface area contributed by atoms with E-state index in [0.717, 1.165) is 48.6 Å². The monoisotopic (exact) mass is 427 g/mol. The van der Waals surface area contributed by atoms with E-state index in [0.29, 0.717) is 12.1 Å². The molecule has 0 saturated carbocycles. The number of amides is 1. The van der Waals surface area contributed by atoms with Crippen molar-refractivity contribution >= 4 is 32.9 Å². The number of fused-ring (bicyclic) bond motifs is 1. The Morgan fingerprint density at radius 3 is 2.63 bits per heavy atom. The van der Waals surface area contributed by atoms with Crippen molar-refractivity contribution in [2.24, 2.45) is 0 Å². The zero-order valence-electron chi connectivity index (χ0n) is 15.7. The molecule has 1 amide bonds. The van der Waals surface area contributed by atoms with Crippen LogP contribution < -0.4 is 5.32 Å². The molecule has 5 heteroatoms. The summed E-state index contributed by atoms with van der Waals surface area (Å²) in [5.41, 5.74) is 3.02. The molecule has 0 unspecified atom stereocenters. The first kappa shape index (κ1) is 19.6. The lowest BCUT2D eigenvalue weighted by molar-refractivity contribution is 0.0953. The van der Waals surface area contributed by atoms with E-state index < -0.39 is 0 Å². The van der Waals surface area contributed by atoms with Gasteiger partial charge in [-0.25, -0.2) is 4.98 Å². The van der Waals surface area contributed by atoms with Gasteiger partial charge in [0.25, 0.3) is 5.91 Å². The molecule has 3 rings (SSSR count). The largest absolute Gasteiger partial charge is 0.352 e. The molecule has 0 spiro atoms. The number of hydrogen-bond donors (Lipinski definition) is 1. The standard InChI is InChI=1S/C22H26BrN3O/c1-2-16-26-20-9-6-5-8-19(20)25-21(26)10-4-3-7-15-24-22(27)17-11-13-18(23)14-12-17/h5-6,8-9,11-14H,2-4,7,10,15-16H2,1H3,(H,24,27). The first-order valence-corrected chi connectivity index (χ1v) is 10.5. The highest BCUT2D eigenvalue weighted by Gasteiger charge is 2.09. The number of carbonyl (C=O) groups is 1. The third kappa shape index (κ3) is 5.19. The molecule has 0 aliphatic carbocycles. The Morgan fingerprint density at radius 2 is 1.85 bits per heavy atom. The number of halogens is 1. The molecule has 1 N–H and O–H groups in total. The highest BCUT2D eigenvalue weighted by molar-refractivity contribution is 9.10. The Labute approximate surface area is 169 Å². The van der Waals surface area contributed by atoms with Gasteiger partial charge in [0, 0.05) is 29.5 Å². The maximum Gasteiger partial charge on any atom is 0.251 e. The Morgan fingerprint density at radius 1 is 1.07 bits per heavy atom. The summed E-state index contributed by atoms with van der Waals surface area (Å²) in [6.45, 7) is 3.92. The van der Waals surface area contributed by atoms with E-state index in [1.54, 1.807) is 0 Å². The van der Waals surface area contributed by atoms with E-state index in [1.165, 1.54) is 11.3 Å². The van der Waals surface area contributed by atoms with Gasteiger partial charge in [-0.05, 0) is 55.7 Å². The number of hydrogen-bond acceptors (Lipinski definition) is 2. The molecule has 0 aliphatic rings. The second kappa shape index (κ2) is 9.70. The molecule has 27 heavy (non-hydrogen) atoms. The first-order chi connectivity index (χ1) is 13.2. The smallest absolute Gasteiger partial charge is 0.251 e. The van der Waals surface area contributed by atoms with Crippen LogP contribution in [0.3, 0.4) is 0 Å². The number of unbranched alkanes of at least 4 members (excludes halogenated alkanes) is 2. The number of nitrogens with zero attached hydrogens (tertiary/aromatic N) is 2. The summed E-state index contributed by atoms with van der Waals surface area (Å²) >= 11 is 3.38. The average molecular weight is 428 g/mol. The molecular weight excluding hydrogens is 402 g/mol. The van der Waals surface area contributed by atoms with E-state index in [1.807, 2.05) is 30.3 Å². The van der Waals surface area contributed by atoms with Crippen LogP contribution in [0, 0.1) is 0 Å². The van der Waals surface area contributed by atoms with E-state index >= 15 is 0 Å². The summed E-state index contributed by atoms with van der Waals surface area (Å²) in [6.07, 6.45) is 5.23. The van der Waals surface area contributed by atoms with Crippen LogP contribution in [0.15, 0.2) is 53.0 Å². The third-order valence-corrected chi connectivity index (χ3v) is 5.18. The minimum Gasteiger partial charge on any atom is -0.352 e. The lowest BCUT2D eigenvalue weighted by Crippen LogP contribution is -2.24. The molecule has 142 valence electrons. The summed E-state index contributed by atoms with van der Waals surface area (Å²) in [4.78, 5) is 16.9. The molecule has 1 aromatic heterocycles. The summed E-state index contributed by atoms with van der Waals surface area (Å²) in [6, 6.07) is 15.8. The minimum absolute atomic E-state index is 0.00719. The molecule has 4 nitrogen and oxygen atoms in total. The summed E-state index contributed by atoms with van der Waals surface area (Å²) in [7, 11) is 0. The molecule has 0 aliphatic heterocycles. The second-order valence-electron chi connectivity index (χ2n) is 6.74. The van der Waals surface area contributed by atoms with E-state index in [4.69, 9.17) is 4.98 Å². The van der Waals surface area contributed by atoms with Crippen LogP contribution in [0.25, 0.3) is 11.0 Å². The molecule has 0 saturated heterocycles. The molecule has 0 fully saturated rings. The summed E-state index contributed by atoms with van der Waals surface area (Å²) in [5.74, 6) is 1.17. The van der Waals surface area contributed by atoms with Crippen LogP contribution in [-0.4, -0.2) is 22.0 Å². The van der Waals surface area contributed by atoms with Crippen LogP contribution in [-0.2, 0) is 13.0 Å². The Balaban J connectivity index is 1.44. The fourth-order valence-electron chi connectivity index (χ4n) is 3.28. The normalized spacial score (nSPS) is 11.0. The summed E-state index contributed by atoms with van der Waals surface area (Å²) in [5, 5.41) is 3.00. The zero-order chi connectivity index (χ0) is 19.1. The number of imidazole rings is 1. The number of para-hydroxylation sites is 2. The van der Waals surface area contributed by atoms with Gasteiger partial charge in [0.05, 0.1) is 11.0 Å². The third-order valence-electron chi connectivity index (χ3n) is 4.65. The topological polar surface area (TPSA) is 46.9 Å². The van der Waals surface area contributed by atoms with E-state index in [-0.39, 0.29) is 5.91 Å². The van der Waals surface area contributed by atoms with Gasteiger partial charge in [-0.15, -0.1) is 0 Å². The van der Waals surface area contributed by atoms with E-state index in [9.17, 15) is 4.79 Å². The van der Waals surface area contributed by atoms with Crippen molar-refractivity contribution in [3.8, 4) is 0 Å². The number of rotatable bonds is 9. The van der Waals surface area contributed by atoms with Gasteiger partial charge in [-0.1, -0.05) is 41.4 Å². The quantitative estimate of drug-likeness (QED) is 0.467. The Hall–Kier alpha value is -2.14. The van der Waals surface area contributed by atoms with Crippen LogP contribution in [0.1, 0.15) is 48.8 Å². The molecule has 1 heterocycles. The van der Waals surface area contributed by atoms with Gasteiger partial charge >= 0.3 is 0 Å². The van der Waals surface area contributed by atoms with Crippen molar-refractivity contribution < 1.29 is 4.79 Å². The predicted octanol–water partition coefficient (Wildman–Crippen LogP) is 5.35. The SMILES string of the molecule is CCCn1c(CCCCCNC(=O)c2ccc(Br)cc2)nc2ccccc21. The van der Waals surface area contributed by atoms with Crippen molar-refractivity contribution in [3.63, 3.8) is 0 Å². The highest BCUT2D eigenvalue weighted by atomic mass is 79.9. The predicted molar refractivity (Wildman–Crippen MR) is 114 cm³/mol. The molecule has 0 bridgehead atoms. The lowest BCUT2D eigenvalue weighted by atomic mass is 10.1. The number of nitrogens with one attached hydrogen (secondary N) is 1. The fourth-order valence-corrected chi connectivity index (χ4v) is 3.54. The Bertz CT molecular complexity index is 886. The van der Waals surface area contributed by atoms with Crippen LogP contribution >= 0.6 is 15.9 Å². The van der Waals surface area contributed by atoms with Crippen molar-refractivity contribution in [1.82, 2.24) is 14.9 Å². The van der Waals surface area contributed by atoms with Crippen molar-refractivity contribution in [2.75, 3.05) is 6.54 Å². The van der Waals surface area contributed by atoms with Gasteiger partial charge in [-0.3, -0.25) is 4.79 Å². The number of benzene rings is 2. The molecule has 3 aromatic rings. The average Bonchev–Trinajstić information content (AvgIpc) is 3.03.